The van der Waals surface area contributed by atoms with Crippen LogP contribution in [0.15, 0.2) is 52.1 Å². The second kappa shape index (κ2) is 7.93. The summed E-state index contributed by atoms with van der Waals surface area (Å²) in [7, 11) is 0. The summed E-state index contributed by atoms with van der Waals surface area (Å²) in [6.07, 6.45) is 3.45. The SMILES string of the molecule is CSc1nc(-c2ccco2)nc(C)c1C(=O)NC(C)c1ccc(Cl)cc1. The van der Waals surface area contributed by atoms with Crippen LogP contribution in [0, 0.1) is 6.92 Å². The Morgan fingerprint density at radius 2 is 1.96 bits per heavy atom. The zero-order valence-electron chi connectivity index (χ0n) is 14.6. The van der Waals surface area contributed by atoms with Crippen molar-refractivity contribution in [2.45, 2.75) is 24.9 Å². The lowest BCUT2D eigenvalue weighted by atomic mass is 10.1. The number of furan rings is 1. The van der Waals surface area contributed by atoms with Crippen LogP contribution in [0.1, 0.15) is 34.6 Å². The van der Waals surface area contributed by atoms with E-state index in [0.717, 1.165) is 5.56 Å². The number of aryl methyl sites for hydroxylation is 1. The van der Waals surface area contributed by atoms with E-state index in [1.54, 1.807) is 37.5 Å². The summed E-state index contributed by atoms with van der Waals surface area (Å²) >= 11 is 7.32. The Kier molecular flexibility index (Phi) is 5.64. The van der Waals surface area contributed by atoms with Crippen molar-refractivity contribution < 1.29 is 9.21 Å². The molecule has 3 rings (SSSR count). The van der Waals surface area contributed by atoms with Gasteiger partial charge in [0.25, 0.3) is 5.91 Å². The molecule has 3 aromatic rings. The van der Waals surface area contributed by atoms with Crippen molar-refractivity contribution in [3.63, 3.8) is 0 Å². The van der Waals surface area contributed by atoms with Crippen LogP contribution in [0.4, 0.5) is 0 Å². The van der Waals surface area contributed by atoms with Crippen LogP contribution in [0.25, 0.3) is 11.6 Å². The molecule has 0 radical (unpaired) electrons. The molecule has 0 spiro atoms. The number of nitrogens with one attached hydrogen (secondary N) is 1. The van der Waals surface area contributed by atoms with E-state index in [-0.39, 0.29) is 11.9 Å². The second-order valence-corrected chi connectivity index (χ2v) is 6.97. The van der Waals surface area contributed by atoms with Gasteiger partial charge in [-0.15, -0.1) is 11.8 Å². The molecule has 1 aromatic carbocycles. The molecule has 1 unspecified atom stereocenters. The molecule has 0 fully saturated rings. The molecule has 2 heterocycles. The van der Waals surface area contributed by atoms with E-state index >= 15 is 0 Å². The number of hydrogen-bond donors (Lipinski definition) is 1. The van der Waals surface area contributed by atoms with Crippen molar-refractivity contribution in [2.75, 3.05) is 6.26 Å². The lowest BCUT2D eigenvalue weighted by Crippen LogP contribution is -2.28. The van der Waals surface area contributed by atoms with Crippen molar-refractivity contribution in [1.82, 2.24) is 15.3 Å². The van der Waals surface area contributed by atoms with Gasteiger partial charge in [-0.25, -0.2) is 9.97 Å². The van der Waals surface area contributed by atoms with Crippen molar-refractivity contribution in [3.8, 4) is 11.6 Å². The summed E-state index contributed by atoms with van der Waals surface area (Å²) in [4.78, 5) is 21.8. The highest BCUT2D eigenvalue weighted by molar-refractivity contribution is 7.98. The van der Waals surface area contributed by atoms with Gasteiger partial charge >= 0.3 is 0 Å². The van der Waals surface area contributed by atoms with E-state index in [0.29, 0.717) is 32.9 Å². The highest BCUT2D eigenvalue weighted by Crippen LogP contribution is 2.26. The summed E-state index contributed by atoms with van der Waals surface area (Å²) in [6.45, 7) is 3.73. The van der Waals surface area contributed by atoms with E-state index in [2.05, 4.69) is 15.3 Å². The van der Waals surface area contributed by atoms with E-state index in [1.807, 2.05) is 25.3 Å². The van der Waals surface area contributed by atoms with Crippen molar-refractivity contribution in [2.24, 2.45) is 0 Å². The highest BCUT2D eigenvalue weighted by atomic mass is 35.5. The van der Waals surface area contributed by atoms with Crippen LogP contribution in [0.2, 0.25) is 5.02 Å². The first kappa shape index (κ1) is 18.5. The number of carbonyl (C=O) groups is 1. The van der Waals surface area contributed by atoms with E-state index in [4.69, 9.17) is 16.0 Å². The predicted octanol–water partition coefficient (Wildman–Crippen LogP) is 4.91. The van der Waals surface area contributed by atoms with Gasteiger partial charge < -0.3 is 9.73 Å². The molecule has 0 aliphatic carbocycles. The third kappa shape index (κ3) is 3.92. The monoisotopic (exact) mass is 387 g/mol. The Labute approximate surface area is 161 Å². The molecule has 0 bridgehead atoms. The summed E-state index contributed by atoms with van der Waals surface area (Å²) in [6, 6.07) is 10.8. The van der Waals surface area contributed by atoms with E-state index < -0.39 is 0 Å². The molecule has 134 valence electrons. The molecule has 0 aliphatic rings. The third-order valence-corrected chi connectivity index (χ3v) is 4.87. The Balaban J connectivity index is 1.87. The van der Waals surface area contributed by atoms with Crippen molar-refractivity contribution in [1.29, 1.82) is 0 Å². The van der Waals surface area contributed by atoms with Gasteiger partial charge in [-0.05, 0) is 49.9 Å². The molecule has 0 saturated heterocycles. The zero-order chi connectivity index (χ0) is 18.7. The average molecular weight is 388 g/mol. The summed E-state index contributed by atoms with van der Waals surface area (Å²) in [5, 5.41) is 4.28. The minimum atomic E-state index is -0.208. The Morgan fingerprint density at radius 3 is 2.58 bits per heavy atom. The number of thioether (sulfide) groups is 1. The predicted molar refractivity (Wildman–Crippen MR) is 104 cm³/mol. The zero-order valence-corrected chi connectivity index (χ0v) is 16.2. The van der Waals surface area contributed by atoms with Crippen LogP contribution in [-0.2, 0) is 0 Å². The number of hydrogen-bond acceptors (Lipinski definition) is 5. The molecular formula is C19H18ClN3O2S. The molecule has 1 N–H and O–H groups in total. The number of benzene rings is 1. The van der Waals surface area contributed by atoms with Crippen LogP contribution in [0.3, 0.4) is 0 Å². The van der Waals surface area contributed by atoms with Gasteiger partial charge in [-0.3, -0.25) is 4.79 Å². The number of rotatable bonds is 5. The quantitative estimate of drug-likeness (QED) is 0.497. The lowest BCUT2D eigenvalue weighted by molar-refractivity contribution is 0.0935. The third-order valence-electron chi connectivity index (χ3n) is 3.94. The minimum absolute atomic E-state index is 0.168. The maximum atomic E-state index is 12.8. The maximum absolute atomic E-state index is 12.8. The molecule has 1 atom stereocenters. The smallest absolute Gasteiger partial charge is 0.256 e. The van der Waals surface area contributed by atoms with E-state index in [1.165, 1.54) is 11.8 Å². The van der Waals surface area contributed by atoms with Gasteiger partial charge in [0.15, 0.2) is 11.6 Å². The number of nitrogens with zero attached hydrogens (tertiary/aromatic N) is 2. The summed E-state index contributed by atoms with van der Waals surface area (Å²) in [5.41, 5.74) is 2.06. The van der Waals surface area contributed by atoms with Crippen LogP contribution < -0.4 is 5.32 Å². The first-order chi connectivity index (χ1) is 12.5. The fourth-order valence-electron chi connectivity index (χ4n) is 2.58. The number of aromatic nitrogens is 2. The molecule has 1 amide bonds. The maximum Gasteiger partial charge on any atom is 0.256 e. The van der Waals surface area contributed by atoms with Gasteiger partial charge in [0.1, 0.15) is 5.03 Å². The normalized spacial score (nSPS) is 12.0. The Bertz CT molecular complexity index is 911. The van der Waals surface area contributed by atoms with Crippen LogP contribution >= 0.6 is 23.4 Å². The van der Waals surface area contributed by atoms with Crippen molar-refractivity contribution in [3.05, 3.63) is 64.5 Å². The average Bonchev–Trinajstić information content (AvgIpc) is 3.16. The molecule has 0 saturated carbocycles. The second-order valence-electron chi connectivity index (χ2n) is 5.74. The van der Waals surface area contributed by atoms with Crippen LogP contribution in [0.5, 0.6) is 0 Å². The lowest BCUT2D eigenvalue weighted by Gasteiger charge is -2.17. The first-order valence-electron chi connectivity index (χ1n) is 8.02. The fourth-order valence-corrected chi connectivity index (χ4v) is 3.32. The first-order valence-corrected chi connectivity index (χ1v) is 9.62. The van der Waals surface area contributed by atoms with Gasteiger partial charge in [0.05, 0.1) is 23.6 Å². The van der Waals surface area contributed by atoms with E-state index in [9.17, 15) is 4.79 Å². The standard InChI is InChI=1S/C19H18ClN3O2S/c1-11(13-6-8-14(20)9-7-13)22-18(24)16-12(2)21-17(23-19(16)26-3)15-5-4-10-25-15/h4-11H,1-3H3,(H,22,24). The largest absolute Gasteiger partial charge is 0.461 e. The van der Waals surface area contributed by atoms with Crippen molar-refractivity contribution >= 4 is 29.3 Å². The van der Waals surface area contributed by atoms with Gasteiger partial charge in [-0.2, -0.15) is 0 Å². The number of amides is 1. The van der Waals surface area contributed by atoms with Gasteiger partial charge in [0, 0.05) is 5.02 Å². The molecule has 7 heteroatoms. The topological polar surface area (TPSA) is 68.0 Å². The highest BCUT2D eigenvalue weighted by Gasteiger charge is 2.21. The molecule has 5 nitrogen and oxygen atoms in total. The van der Waals surface area contributed by atoms with Crippen LogP contribution in [-0.4, -0.2) is 22.1 Å². The Hall–Kier alpha value is -2.31. The molecule has 2 aromatic heterocycles. The summed E-state index contributed by atoms with van der Waals surface area (Å²) < 4.78 is 5.36. The summed E-state index contributed by atoms with van der Waals surface area (Å²) in [5.74, 6) is 0.837. The molecular weight excluding hydrogens is 370 g/mol. The van der Waals surface area contributed by atoms with Gasteiger partial charge in [-0.1, -0.05) is 23.7 Å². The minimum Gasteiger partial charge on any atom is -0.461 e. The molecule has 0 aliphatic heterocycles. The Morgan fingerprint density at radius 1 is 1.23 bits per heavy atom. The number of halogens is 1. The molecule has 26 heavy (non-hydrogen) atoms. The number of carbonyl (C=O) groups excluding carboxylic acids is 1. The van der Waals surface area contributed by atoms with Gasteiger partial charge in [0.2, 0.25) is 0 Å². The fraction of sp³-hybridized carbons (Fsp3) is 0.211.